The van der Waals surface area contributed by atoms with Gasteiger partial charge < -0.3 is 34.9 Å². The standard InChI is InChI=1S/C28H29F2N5O6/c1-34(2)27(37)16-7-6-8-17(13-16)40-25-21(29)23(35-12-5-4-9-18(35)28(38)39-3)22(30)26(33-25)41-20-14-15(24(31)32)10-11-19(20)36/h6-8,10-11,13-14,18,36H,4-5,9,12H2,1-3H3,(H3,31,32). The van der Waals surface area contributed by atoms with E-state index < -0.39 is 46.8 Å². The molecule has 1 saturated heterocycles. The number of phenolic OH excluding ortho intramolecular Hbond substituents is 1. The van der Waals surface area contributed by atoms with E-state index in [0.717, 1.165) is 0 Å². The second-order valence-electron chi connectivity index (χ2n) is 9.45. The summed E-state index contributed by atoms with van der Waals surface area (Å²) < 4.78 is 48.2. The number of rotatable bonds is 8. The molecule has 4 N–H and O–H groups in total. The number of nitrogen functional groups attached to an aromatic ring is 1. The van der Waals surface area contributed by atoms with Gasteiger partial charge >= 0.3 is 5.97 Å². The molecule has 2 heterocycles. The summed E-state index contributed by atoms with van der Waals surface area (Å²) >= 11 is 0. The zero-order chi connectivity index (χ0) is 29.8. The van der Waals surface area contributed by atoms with Crippen LogP contribution in [0.25, 0.3) is 0 Å². The Morgan fingerprint density at radius 1 is 1.07 bits per heavy atom. The highest BCUT2D eigenvalue weighted by molar-refractivity contribution is 5.95. The summed E-state index contributed by atoms with van der Waals surface area (Å²) in [6.07, 6.45) is 1.46. The topological polar surface area (TPSA) is 151 Å². The Labute approximate surface area is 234 Å². The predicted octanol–water partition coefficient (Wildman–Crippen LogP) is 4.17. The summed E-state index contributed by atoms with van der Waals surface area (Å²) in [5.41, 5.74) is 5.31. The number of hydrogen-bond donors (Lipinski definition) is 3. The van der Waals surface area contributed by atoms with Crippen LogP contribution < -0.4 is 20.1 Å². The fraction of sp³-hybridized carbons (Fsp3) is 0.286. The third-order valence-corrected chi connectivity index (χ3v) is 6.44. The molecule has 0 aliphatic carbocycles. The average molecular weight is 570 g/mol. The summed E-state index contributed by atoms with van der Waals surface area (Å²) in [5.74, 6) is -6.00. The van der Waals surface area contributed by atoms with Crippen molar-refractivity contribution in [1.29, 1.82) is 5.41 Å². The molecule has 1 aliphatic heterocycles. The molecular formula is C28H29F2N5O6. The number of anilines is 1. The Morgan fingerprint density at radius 2 is 1.78 bits per heavy atom. The minimum absolute atomic E-state index is 0.0252. The van der Waals surface area contributed by atoms with Gasteiger partial charge in [0.1, 0.15) is 23.3 Å². The van der Waals surface area contributed by atoms with Crippen LogP contribution in [-0.4, -0.2) is 66.5 Å². The molecule has 4 rings (SSSR count). The van der Waals surface area contributed by atoms with Crippen molar-refractivity contribution in [1.82, 2.24) is 9.88 Å². The van der Waals surface area contributed by atoms with E-state index in [0.29, 0.717) is 12.8 Å². The molecule has 13 heteroatoms. The molecule has 1 fully saturated rings. The number of nitrogens with zero attached hydrogens (tertiary/aromatic N) is 3. The number of amidine groups is 1. The Morgan fingerprint density at radius 3 is 2.44 bits per heavy atom. The van der Waals surface area contributed by atoms with Crippen LogP contribution in [0.15, 0.2) is 42.5 Å². The molecule has 216 valence electrons. The highest BCUT2D eigenvalue weighted by Crippen LogP contribution is 2.41. The fourth-order valence-corrected chi connectivity index (χ4v) is 4.39. The summed E-state index contributed by atoms with van der Waals surface area (Å²) in [6.45, 7) is 0.119. The van der Waals surface area contributed by atoms with Gasteiger partial charge in [0, 0.05) is 31.8 Å². The molecule has 0 bridgehead atoms. The van der Waals surface area contributed by atoms with E-state index in [1.165, 1.54) is 53.3 Å². The first-order chi connectivity index (χ1) is 19.5. The van der Waals surface area contributed by atoms with E-state index in [-0.39, 0.29) is 47.3 Å². The number of aromatic hydroxyl groups is 1. The van der Waals surface area contributed by atoms with Crippen molar-refractivity contribution in [3.63, 3.8) is 0 Å². The molecular weight excluding hydrogens is 540 g/mol. The number of amides is 1. The van der Waals surface area contributed by atoms with Gasteiger partial charge in [0.15, 0.2) is 11.5 Å². The van der Waals surface area contributed by atoms with Crippen LogP contribution in [0.4, 0.5) is 14.5 Å². The molecule has 0 saturated carbocycles. The molecule has 2 aromatic carbocycles. The number of aromatic nitrogens is 1. The molecule has 1 aromatic heterocycles. The lowest BCUT2D eigenvalue weighted by Crippen LogP contribution is -2.46. The number of nitrogens with two attached hydrogens (primary N) is 1. The van der Waals surface area contributed by atoms with Crippen molar-refractivity contribution in [3.8, 4) is 29.0 Å². The van der Waals surface area contributed by atoms with Crippen molar-refractivity contribution in [3.05, 3.63) is 65.2 Å². The van der Waals surface area contributed by atoms with Crippen molar-refractivity contribution in [2.45, 2.75) is 25.3 Å². The van der Waals surface area contributed by atoms with Crippen molar-refractivity contribution < 1.29 is 37.7 Å². The monoisotopic (exact) mass is 569 g/mol. The molecule has 11 nitrogen and oxygen atoms in total. The Hall–Kier alpha value is -4.94. The largest absolute Gasteiger partial charge is 0.504 e. The van der Waals surface area contributed by atoms with E-state index in [9.17, 15) is 14.7 Å². The molecule has 3 aromatic rings. The van der Waals surface area contributed by atoms with Gasteiger partial charge in [-0.1, -0.05) is 6.07 Å². The van der Waals surface area contributed by atoms with Gasteiger partial charge in [0.2, 0.25) is 11.6 Å². The molecule has 1 amide bonds. The zero-order valence-electron chi connectivity index (χ0n) is 22.6. The Bertz CT molecular complexity index is 1500. The minimum Gasteiger partial charge on any atom is -0.504 e. The molecule has 0 spiro atoms. The van der Waals surface area contributed by atoms with Crippen molar-refractivity contribution in [2.24, 2.45) is 5.73 Å². The van der Waals surface area contributed by atoms with E-state index in [4.69, 9.17) is 25.4 Å². The van der Waals surface area contributed by atoms with Crippen LogP contribution in [-0.2, 0) is 9.53 Å². The van der Waals surface area contributed by atoms with Crippen molar-refractivity contribution in [2.75, 3.05) is 32.6 Å². The van der Waals surface area contributed by atoms with Gasteiger partial charge in [-0.15, -0.1) is 0 Å². The number of carbonyl (C=O) groups is 2. The second kappa shape index (κ2) is 12.1. The molecule has 41 heavy (non-hydrogen) atoms. The molecule has 1 unspecified atom stereocenters. The van der Waals surface area contributed by atoms with Gasteiger partial charge in [-0.2, -0.15) is 13.8 Å². The quantitative estimate of drug-likeness (QED) is 0.206. The number of halogens is 2. The lowest BCUT2D eigenvalue weighted by Gasteiger charge is -2.36. The third kappa shape index (κ3) is 6.13. The number of esters is 1. The number of carbonyl (C=O) groups excluding carboxylic acids is 2. The summed E-state index contributed by atoms with van der Waals surface area (Å²) in [7, 11) is 4.32. The Kier molecular flexibility index (Phi) is 8.55. The molecule has 1 aliphatic rings. The highest BCUT2D eigenvalue weighted by Gasteiger charge is 2.36. The first kappa shape index (κ1) is 29.1. The minimum atomic E-state index is -1.25. The van der Waals surface area contributed by atoms with Crippen LogP contribution >= 0.6 is 0 Å². The predicted molar refractivity (Wildman–Crippen MR) is 145 cm³/mol. The zero-order valence-corrected chi connectivity index (χ0v) is 22.6. The maximum atomic E-state index is 16.1. The van der Waals surface area contributed by atoms with Crippen molar-refractivity contribution >= 4 is 23.4 Å². The molecule has 1 atom stereocenters. The average Bonchev–Trinajstić information content (AvgIpc) is 2.96. The second-order valence-corrected chi connectivity index (χ2v) is 9.45. The van der Waals surface area contributed by atoms with E-state index in [2.05, 4.69) is 4.98 Å². The Balaban J connectivity index is 1.85. The lowest BCUT2D eigenvalue weighted by atomic mass is 10.0. The number of nitrogens with one attached hydrogen (secondary N) is 1. The maximum Gasteiger partial charge on any atom is 0.328 e. The highest BCUT2D eigenvalue weighted by atomic mass is 19.1. The van der Waals surface area contributed by atoms with Crippen LogP contribution in [0.1, 0.15) is 35.2 Å². The smallest absolute Gasteiger partial charge is 0.328 e. The van der Waals surface area contributed by atoms with Gasteiger partial charge in [-0.3, -0.25) is 10.2 Å². The van der Waals surface area contributed by atoms with Crippen LogP contribution in [0.5, 0.6) is 29.0 Å². The van der Waals surface area contributed by atoms with Gasteiger partial charge in [-0.05, 0) is 55.7 Å². The first-order valence-corrected chi connectivity index (χ1v) is 12.6. The SMILES string of the molecule is COC(=O)C1CCCCN1c1c(F)c(Oc2cccc(C(=O)N(C)C)c2)nc(Oc2cc(C(=N)N)ccc2O)c1F. The van der Waals surface area contributed by atoms with E-state index in [1.807, 2.05) is 0 Å². The van der Waals surface area contributed by atoms with Gasteiger partial charge in [0.25, 0.3) is 17.7 Å². The summed E-state index contributed by atoms with van der Waals surface area (Å²) in [4.78, 5) is 31.5. The maximum absolute atomic E-state index is 16.1. The van der Waals surface area contributed by atoms with Crippen LogP contribution in [0, 0.1) is 17.0 Å². The van der Waals surface area contributed by atoms with Crippen LogP contribution in [0.2, 0.25) is 0 Å². The van der Waals surface area contributed by atoms with Gasteiger partial charge in [-0.25, -0.2) is 4.79 Å². The van der Waals surface area contributed by atoms with E-state index >= 15 is 8.78 Å². The van der Waals surface area contributed by atoms with E-state index in [1.54, 1.807) is 20.2 Å². The summed E-state index contributed by atoms with van der Waals surface area (Å²) in [5, 5.41) is 18.0. The normalized spacial score (nSPS) is 14.8. The van der Waals surface area contributed by atoms with Crippen LogP contribution in [0.3, 0.4) is 0 Å². The number of ether oxygens (including phenoxy) is 3. The first-order valence-electron chi connectivity index (χ1n) is 12.6. The number of methoxy groups -OCH3 is 1. The number of pyridine rings is 1. The number of phenols is 1. The fourth-order valence-electron chi connectivity index (χ4n) is 4.39. The molecule has 0 radical (unpaired) electrons. The van der Waals surface area contributed by atoms with Gasteiger partial charge in [0.05, 0.1) is 7.11 Å². The lowest BCUT2D eigenvalue weighted by molar-refractivity contribution is -0.142. The number of hydrogen-bond acceptors (Lipinski definition) is 9. The third-order valence-electron chi connectivity index (χ3n) is 6.44. The summed E-state index contributed by atoms with van der Waals surface area (Å²) in [6, 6.07) is 8.64. The number of benzene rings is 2. The number of piperidine rings is 1.